The van der Waals surface area contributed by atoms with Crippen molar-refractivity contribution in [1.82, 2.24) is 5.32 Å². The van der Waals surface area contributed by atoms with Gasteiger partial charge in [-0.2, -0.15) is 0 Å². The molecule has 9 nitrogen and oxygen atoms in total. The van der Waals surface area contributed by atoms with E-state index in [2.05, 4.69) is 141 Å². The van der Waals surface area contributed by atoms with Crippen molar-refractivity contribution < 1.29 is 38.0 Å². The van der Waals surface area contributed by atoms with Gasteiger partial charge < -0.3 is 24.9 Å². The van der Waals surface area contributed by atoms with Crippen LogP contribution in [0.3, 0.4) is 0 Å². The largest absolute Gasteiger partial charge is 0.472 e. The van der Waals surface area contributed by atoms with Gasteiger partial charge in [0.2, 0.25) is 5.91 Å². The zero-order chi connectivity index (χ0) is 52.2. The van der Waals surface area contributed by atoms with Crippen LogP contribution in [0, 0.1) is 0 Å². The quantitative estimate of drug-likeness (QED) is 0.0207. The maximum absolute atomic E-state index is 13.0. The van der Waals surface area contributed by atoms with E-state index in [1.807, 2.05) is 21.1 Å². The average molecular weight is 1010 g/mol. The van der Waals surface area contributed by atoms with Gasteiger partial charge in [0.1, 0.15) is 19.3 Å². The van der Waals surface area contributed by atoms with E-state index in [-0.39, 0.29) is 18.9 Å². The summed E-state index contributed by atoms with van der Waals surface area (Å²) in [6.45, 7) is 4.41. The molecule has 4 N–H and O–H groups in total. The number of hydrogen-bond acceptors (Lipinski definition) is 6. The molecule has 0 aromatic carbocycles. The van der Waals surface area contributed by atoms with Gasteiger partial charge in [0.25, 0.3) is 0 Å². The van der Waals surface area contributed by atoms with Crippen molar-refractivity contribution in [3.8, 4) is 0 Å². The molecule has 0 radical (unpaired) electrons. The van der Waals surface area contributed by atoms with Gasteiger partial charge in [0.05, 0.1) is 39.9 Å². The Balaban J connectivity index is 4.22. The number of nitrogens with one attached hydrogen (secondary N) is 1. The SMILES string of the molecule is CC/C=C\C/C=C\C/C=C\C/C=C\C/C=C\C/C=C\C/C=C\C/C=C\CCCCCCCCCCCCC(=O)NC(COP(=O)(O)OCC[N+](C)(C)C)C(O)C(O)CCC/C=C/CC/C=C/CCCCC. The van der Waals surface area contributed by atoms with Crippen LogP contribution in [0.1, 0.15) is 200 Å². The Morgan fingerprint density at radius 3 is 1.34 bits per heavy atom. The van der Waals surface area contributed by atoms with E-state index in [9.17, 15) is 24.5 Å². The number of carbonyl (C=O) groups excluding carboxylic acids is 1. The molecule has 0 saturated carbocycles. The number of aliphatic hydroxyl groups excluding tert-OH is 2. The molecule has 0 aliphatic carbocycles. The highest BCUT2D eigenvalue weighted by atomic mass is 31.2. The maximum atomic E-state index is 13.0. The topological polar surface area (TPSA) is 125 Å². The molecule has 0 rings (SSSR count). The number of unbranched alkanes of at least 4 members (excludes halogenated alkanes) is 15. The summed E-state index contributed by atoms with van der Waals surface area (Å²) in [7, 11) is 1.39. The Morgan fingerprint density at radius 1 is 0.507 bits per heavy atom. The summed E-state index contributed by atoms with van der Waals surface area (Å²) in [5.74, 6) is -0.283. The number of amides is 1. The summed E-state index contributed by atoms with van der Waals surface area (Å²) >= 11 is 0. The van der Waals surface area contributed by atoms with E-state index in [4.69, 9.17) is 9.05 Å². The van der Waals surface area contributed by atoms with Gasteiger partial charge in [-0.3, -0.25) is 13.8 Å². The molecule has 0 aromatic rings. The predicted octanol–water partition coefficient (Wildman–Crippen LogP) is 15.9. The van der Waals surface area contributed by atoms with Crippen LogP contribution in [0.25, 0.3) is 0 Å². The third-order valence-corrected chi connectivity index (χ3v) is 12.7. The van der Waals surface area contributed by atoms with Gasteiger partial charge in [-0.1, -0.05) is 200 Å². The number of carbonyl (C=O) groups is 1. The number of phosphoric ester groups is 1. The fourth-order valence-electron chi connectivity index (χ4n) is 7.35. The fourth-order valence-corrected chi connectivity index (χ4v) is 8.09. The highest BCUT2D eigenvalue weighted by Crippen LogP contribution is 2.43. The molecule has 4 unspecified atom stereocenters. The lowest BCUT2D eigenvalue weighted by atomic mass is 10.0. The van der Waals surface area contributed by atoms with Crippen LogP contribution >= 0.6 is 7.82 Å². The summed E-state index contributed by atoms with van der Waals surface area (Å²) in [6, 6.07) is -1.07. The third-order valence-electron chi connectivity index (χ3n) is 11.8. The Morgan fingerprint density at radius 2 is 0.887 bits per heavy atom. The van der Waals surface area contributed by atoms with Gasteiger partial charge in [-0.25, -0.2) is 4.57 Å². The van der Waals surface area contributed by atoms with E-state index < -0.39 is 32.7 Å². The molecule has 406 valence electrons. The van der Waals surface area contributed by atoms with E-state index in [0.717, 1.165) is 103 Å². The fraction of sp³-hybridized carbons (Fsp3) is 0.656. The molecule has 71 heavy (non-hydrogen) atoms. The van der Waals surface area contributed by atoms with Crippen molar-refractivity contribution in [2.75, 3.05) is 40.9 Å². The summed E-state index contributed by atoms with van der Waals surface area (Å²) in [6.07, 6.45) is 71.5. The van der Waals surface area contributed by atoms with Crippen LogP contribution in [0.2, 0.25) is 0 Å². The molecular formula is C61H106N2O7P+. The van der Waals surface area contributed by atoms with Gasteiger partial charge in [0.15, 0.2) is 0 Å². The molecular weight excluding hydrogens is 904 g/mol. The van der Waals surface area contributed by atoms with Crippen LogP contribution in [0.4, 0.5) is 0 Å². The molecule has 1 amide bonds. The van der Waals surface area contributed by atoms with Gasteiger partial charge in [0, 0.05) is 6.42 Å². The number of phosphoric acid groups is 1. The van der Waals surface area contributed by atoms with Crippen LogP contribution in [-0.2, 0) is 18.4 Å². The monoisotopic (exact) mass is 1010 g/mol. The van der Waals surface area contributed by atoms with E-state index in [1.165, 1.54) is 57.8 Å². The Labute approximate surface area is 436 Å². The number of hydrogen-bond donors (Lipinski definition) is 4. The Hall–Kier alpha value is -3.14. The number of allylic oxidation sites excluding steroid dienone is 20. The average Bonchev–Trinajstić information content (AvgIpc) is 3.33. The molecule has 0 saturated heterocycles. The minimum atomic E-state index is -4.44. The zero-order valence-electron chi connectivity index (χ0n) is 45.8. The van der Waals surface area contributed by atoms with Crippen LogP contribution < -0.4 is 5.32 Å². The number of rotatable bonds is 49. The summed E-state index contributed by atoms with van der Waals surface area (Å²) < 4.78 is 23.6. The normalized spacial score (nSPS) is 15.3. The highest BCUT2D eigenvalue weighted by Gasteiger charge is 2.31. The molecule has 0 spiro atoms. The van der Waals surface area contributed by atoms with Gasteiger partial charge in [-0.15, -0.1) is 0 Å². The summed E-state index contributed by atoms with van der Waals surface area (Å²) in [5, 5.41) is 24.7. The third kappa shape index (κ3) is 51.6. The van der Waals surface area contributed by atoms with Crippen molar-refractivity contribution in [2.45, 2.75) is 218 Å². The first kappa shape index (κ1) is 67.9. The second-order valence-electron chi connectivity index (χ2n) is 19.7. The molecule has 0 aliphatic rings. The molecule has 0 heterocycles. The Kier molecular flexibility index (Phi) is 48.2. The predicted molar refractivity (Wildman–Crippen MR) is 305 cm³/mol. The molecule has 4 atom stereocenters. The van der Waals surface area contributed by atoms with Crippen molar-refractivity contribution in [3.63, 3.8) is 0 Å². The standard InChI is InChI=1S/C61H105N2O7P/c1-6-8-10-12-14-16-18-20-21-22-23-24-25-26-27-28-29-30-31-32-33-34-35-36-37-38-39-40-41-42-44-46-48-50-52-54-60(65)62-58(57-70-71(67,68)69-56-55-63(3,4)5)61(66)59(64)53-51-49-47-45-43-19-17-15-13-11-9-7-2/h8,10,14-17,20-21,23-24,26-27,29-30,32-33,35-36,45,47,58-59,61,64,66H,6-7,9,11-13,18-19,22,25,28,31,34,37-44,46,48-57H2,1-5H3,(H-,62,65,67,68)/p+1/b10-8-,16-14-,17-15+,21-20-,24-23-,27-26-,30-29-,33-32-,36-35-,47-45+. The van der Waals surface area contributed by atoms with Crippen molar-refractivity contribution in [3.05, 3.63) is 122 Å². The van der Waals surface area contributed by atoms with Gasteiger partial charge >= 0.3 is 7.82 Å². The van der Waals surface area contributed by atoms with E-state index in [1.54, 1.807) is 0 Å². The van der Waals surface area contributed by atoms with E-state index in [0.29, 0.717) is 30.3 Å². The number of likely N-dealkylation sites (N-methyl/N-ethyl adjacent to an activating group) is 1. The zero-order valence-corrected chi connectivity index (χ0v) is 46.7. The summed E-state index contributed by atoms with van der Waals surface area (Å²) in [5.41, 5.74) is 0. The van der Waals surface area contributed by atoms with Crippen LogP contribution in [0.5, 0.6) is 0 Å². The number of quaternary nitrogens is 1. The first-order valence-electron chi connectivity index (χ1n) is 28.0. The molecule has 0 fully saturated rings. The minimum absolute atomic E-state index is 0.00680. The van der Waals surface area contributed by atoms with Crippen molar-refractivity contribution in [1.29, 1.82) is 0 Å². The lowest BCUT2D eigenvalue weighted by Crippen LogP contribution is -2.51. The smallest absolute Gasteiger partial charge is 0.390 e. The van der Waals surface area contributed by atoms with Crippen molar-refractivity contribution in [2.24, 2.45) is 0 Å². The summed E-state index contributed by atoms with van der Waals surface area (Å²) in [4.78, 5) is 23.3. The van der Waals surface area contributed by atoms with Gasteiger partial charge in [-0.05, 0) is 116 Å². The van der Waals surface area contributed by atoms with Crippen molar-refractivity contribution >= 4 is 13.7 Å². The first-order valence-corrected chi connectivity index (χ1v) is 29.5. The highest BCUT2D eigenvalue weighted by molar-refractivity contribution is 7.47. The lowest BCUT2D eigenvalue weighted by Gasteiger charge is -2.28. The molecule has 0 bridgehead atoms. The molecule has 10 heteroatoms. The second-order valence-corrected chi connectivity index (χ2v) is 21.1. The van der Waals surface area contributed by atoms with E-state index >= 15 is 0 Å². The number of aliphatic hydroxyl groups is 2. The maximum Gasteiger partial charge on any atom is 0.472 e. The van der Waals surface area contributed by atoms with Crippen LogP contribution in [-0.4, -0.2) is 84.6 Å². The minimum Gasteiger partial charge on any atom is -0.390 e. The molecule has 0 aromatic heterocycles. The molecule has 0 aliphatic heterocycles. The number of nitrogens with zero attached hydrogens (tertiary/aromatic N) is 1. The first-order chi connectivity index (χ1) is 34.4. The lowest BCUT2D eigenvalue weighted by molar-refractivity contribution is -0.870. The Bertz CT molecular complexity index is 1580. The second kappa shape index (κ2) is 50.4. The van der Waals surface area contributed by atoms with Crippen LogP contribution in [0.15, 0.2) is 122 Å².